The highest BCUT2D eigenvalue weighted by molar-refractivity contribution is 7.99. The number of nitrogens with zero attached hydrogens (tertiary/aromatic N) is 4. The van der Waals surface area contributed by atoms with Gasteiger partial charge in [-0.1, -0.05) is 0 Å². The Morgan fingerprint density at radius 1 is 1.18 bits per heavy atom. The summed E-state index contributed by atoms with van der Waals surface area (Å²) in [5.74, 6) is 2.90. The van der Waals surface area contributed by atoms with Crippen molar-refractivity contribution in [3.8, 4) is 0 Å². The predicted molar refractivity (Wildman–Crippen MR) is 117 cm³/mol. The van der Waals surface area contributed by atoms with Crippen molar-refractivity contribution in [3.05, 3.63) is 18.5 Å². The monoisotopic (exact) mass is 450 g/mol. The van der Waals surface area contributed by atoms with Crippen LogP contribution in [0.1, 0.15) is 12.8 Å². The van der Waals surface area contributed by atoms with Gasteiger partial charge in [0.1, 0.15) is 0 Å². The van der Waals surface area contributed by atoms with Gasteiger partial charge in [-0.3, -0.25) is 9.59 Å². The predicted octanol–water partition coefficient (Wildman–Crippen LogP) is 0.570. The number of nitrogens with one attached hydrogen (secondary N) is 2. The molecular weight excluding hydrogens is 423 g/mol. The second-order valence-corrected chi connectivity index (χ2v) is 7.60. The standard InChI is InChI=1S/C17H26N6O2S.2ClH/c24-15(12-14-13-26-11-6-18-14)19-5-2-16(25)22-7-9-23(10-8-22)17-20-3-1-4-21-17;;/h1,3-4,14,18H,2,5-13H2,(H,19,24);2*1H. The molecular formula is C17H28Cl2N6O2S. The Hall–Kier alpha value is -1.29. The summed E-state index contributed by atoms with van der Waals surface area (Å²) >= 11 is 1.87. The van der Waals surface area contributed by atoms with E-state index >= 15 is 0 Å². The van der Waals surface area contributed by atoms with E-state index in [2.05, 4.69) is 25.5 Å². The van der Waals surface area contributed by atoms with Gasteiger partial charge in [-0.2, -0.15) is 11.8 Å². The van der Waals surface area contributed by atoms with Gasteiger partial charge in [-0.15, -0.1) is 24.8 Å². The van der Waals surface area contributed by atoms with Crippen molar-refractivity contribution in [2.75, 3.05) is 55.7 Å². The first-order chi connectivity index (χ1) is 12.7. The number of rotatable bonds is 6. The van der Waals surface area contributed by atoms with Gasteiger partial charge in [-0.05, 0) is 6.07 Å². The fraction of sp³-hybridized carbons (Fsp3) is 0.647. The quantitative estimate of drug-likeness (QED) is 0.654. The Morgan fingerprint density at radius 3 is 2.54 bits per heavy atom. The van der Waals surface area contributed by atoms with E-state index in [1.54, 1.807) is 18.5 Å². The molecule has 28 heavy (non-hydrogen) atoms. The molecule has 0 bridgehead atoms. The molecule has 1 aromatic rings. The molecule has 1 aromatic heterocycles. The maximum absolute atomic E-state index is 12.3. The number of hydrogen-bond acceptors (Lipinski definition) is 7. The average Bonchev–Trinajstić information content (AvgIpc) is 2.69. The Kier molecular flexibility index (Phi) is 11.5. The van der Waals surface area contributed by atoms with Gasteiger partial charge in [0.05, 0.1) is 0 Å². The van der Waals surface area contributed by atoms with E-state index < -0.39 is 0 Å². The van der Waals surface area contributed by atoms with E-state index in [1.807, 2.05) is 16.7 Å². The molecule has 0 aliphatic carbocycles. The molecule has 2 aliphatic heterocycles. The van der Waals surface area contributed by atoms with Crippen molar-refractivity contribution < 1.29 is 9.59 Å². The van der Waals surface area contributed by atoms with Gasteiger partial charge < -0.3 is 20.4 Å². The number of piperazine rings is 1. The number of amides is 2. The molecule has 3 rings (SSSR count). The third kappa shape index (κ3) is 7.62. The van der Waals surface area contributed by atoms with Gasteiger partial charge in [0.25, 0.3) is 0 Å². The summed E-state index contributed by atoms with van der Waals surface area (Å²) in [7, 11) is 0. The first kappa shape index (κ1) is 24.7. The Balaban J connectivity index is 0.00000196. The number of halogens is 2. The van der Waals surface area contributed by atoms with Crippen LogP contribution in [0.25, 0.3) is 0 Å². The highest BCUT2D eigenvalue weighted by Gasteiger charge is 2.22. The normalized spacial score (nSPS) is 19.2. The Labute approximate surface area is 182 Å². The maximum atomic E-state index is 12.3. The number of hydrogen-bond donors (Lipinski definition) is 2. The number of aromatic nitrogens is 2. The molecule has 1 unspecified atom stereocenters. The molecule has 0 saturated carbocycles. The maximum Gasteiger partial charge on any atom is 0.225 e. The molecule has 3 heterocycles. The van der Waals surface area contributed by atoms with Crippen LogP contribution in [0.2, 0.25) is 0 Å². The molecule has 2 saturated heterocycles. The van der Waals surface area contributed by atoms with E-state index in [0.29, 0.717) is 38.4 Å². The van der Waals surface area contributed by atoms with Crippen molar-refractivity contribution in [1.29, 1.82) is 0 Å². The zero-order valence-corrected chi connectivity index (χ0v) is 18.2. The molecule has 0 radical (unpaired) electrons. The lowest BCUT2D eigenvalue weighted by molar-refractivity contribution is -0.131. The summed E-state index contributed by atoms with van der Waals surface area (Å²) < 4.78 is 0. The van der Waals surface area contributed by atoms with Crippen LogP contribution in [-0.2, 0) is 9.59 Å². The number of anilines is 1. The van der Waals surface area contributed by atoms with Crippen molar-refractivity contribution in [2.45, 2.75) is 18.9 Å². The van der Waals surface area contributed by atoms with Crippen LogP contribution in [0, 0.1) is 0 Å². The fourth-order valence-corrected chi connectivity index (χ4v) is 4.07. The van der Waals surface area contributed by atoms with Crippen LogP contribution in [0.4, 0.5) is 5.95 Å². The number of carbonyl (C=O) groups excluding carboxylic acids is 2. The lowest BCUT2D eigenvalue weighted by atomic mass is 10.2. The molecule has 2 aliphatic rings. The van der Waals surface area contributed by atoms with E-state index in [9.17, 15) is 9.59 Å². The van der Waals surface area contributed by atoms with Crippen molar-refractivity contribution in [1.82, 2.24) is 25.5 Å². The minimum absolute atomic E-state index is 0. The van der Waals surface area contributed by atoms with Crippen molar-refractivity contribution >= 4 is 54.3 Å². The second-order valence-electron chi connectivity index (χ2n) is 6.45. The summed E-state index contributed by atoms with van der Waals surface area (Å²) in [5, 5.41) is 6.22. The zero-order valence-electron chi connectivity index (χ0n) is 15.7. The Morgan fingerprint density at radius 2 is 1.89 bits per heavy atom. The molecule has 8 nitrogen and oxygen atoms in total. The first-order valence-electron chi connectivity index (χ1n) is 9.10. The molecule has 11 heteroatoms. The van der Waals surface area contributed by atoms with Gasteiger partial charge in [0.15, 0.2) is 0 Å². The molecule has 2 N–H and O–H groups in total. The van der Waals surface area contributed by atoms with Gasteiger partial charge >= 0.3 is 0 Å². The fourth-order valence-electron chi connectivity index (χ4n) is 3.12. The van der Waals surface area contributed by atoms with Crippen LogP contribution in [0.5, 0.6) is 0 Å². The largest absolute Gasteiger partial charge is 0.356 e. The van der Waals surface area contributed by atoms with E-state index in [-0.39, 0.29) is 42.7 Å². The van der Waals surface area contributed by atoms with Gasteiger partial charge in [0.2, 0.25) is 17.8 Å². The zero-order chi connectivity index (χ0) is 18.2. The van der Waals surface area contributed by atoms with Crippen LogP contribution in [-0.4, -0.2) is 83.5 Å². The summed E-state index contributed by atoms with van der Waals surface area (Å²) in [4.78, 5) is 36.7. The molecule has 0 aromatic carbocycles. The molecule has 2 amide bonds. The summed E-state index contributed by atoms with van der Waals surface area (Å²) in [6.07, 6.45) is 4.28. The lowest BCUT2D eigenvalue weighted by Crippen LogP contribution is -2.49. The van der Waals surface area contributed by atoms with Crippen LogP contribution in [0.15, 0.2) is 18.5 Å². The topological polar surface area (TPSA) is 90.5 Å². The highest BCUT2D eigenvalue weighted by Crippen LogP contribution is 2.11. The van der Waals surface area contributed by atoms with Crippen molar-refractivity contribution in [3.63, 3.8) is 0 Å². The van der Waals surface area contributed by atoms with Crippen LogP contribution >= 0.6 is 36.6 Å². The van der Waals surface area contributed by atoms with Gasteiger partial charge in [-0.25, -0.2) is 9.97 Å². The smallest absolute Gasteiger partial charge is 0.225 e. The summed E-state index contributed by atoms with van der Waals surface area (Å²) in [6.45, 7) is 4.14. The SMILES string of the molecule is Cl.Cl.O=C(CC1CSCCN1)NCCC(=O)N1CCN(c2ncccn2)CC1. The minimum atomic E-state index is 0. The van der Waals surface area contributed by atoms with Gasteiger partial charge in [0, 0.05) is 82.1 Å². The third-order valence-electron chi connectivity index (χ3n) is 4.56. The van der Waals surface area contributed by atoms with E-state index in [4.69, 9.17) is 0 Å². The summed E-state index contributed by atoms with van der Waals surface area (Å²) in [6, 6.07) is 2.04. The molecule has 0 spiro atoms. The molecule has 2 fully saturated rings. The Bertz CT molecular complexity index is 599. The number of thioether (sulfide) groups is 1. The van der Waals surface area contributed by atoms with E-state index in [1.165, 1.54) is 0 Å². The van der Waals surface area contributed by atoms with Crippen LogP contribution < -0.4 is 15.5 Å². The number of carbonyl (C=O) groups is 2. The van der Waals surface area contributed by atoms with Crippen molar-refractivity contribution in [2.24, 2.45) is 0 Å². The van der Waals surface area contributed by atoms with Crippen LogP contribution in [0.3, 0.4) is 0 Å². The third-order valence-corrected chi connectivity index (χ3v) is 5.69. The average molecular weight is 451 g/mol. The highest BCUT2D eigenvalue weighted by atomic mass is 35.5. The van der Waals surface area contributed by atoms with E-state index in [0.717, 1.165) is 31.1 Å². The first-order valence-corrected chi connectivity index (χ1v) is 10.3. The second kappa shape index (κ2) is 13.0. The molecule has 158 valence electrons. The minimum Gasteiger partial charge on any atom is -0.356 e. The summed E-state index contributed by atoms with van der Waals surface area (Å²) in [5.41, 5.74) is 0. The molecule has 1 atom stereocenters. The lowest BCUT2D eigenvalue weighted by Gasteiger charge is -2.34.